The molecule has 0 radical (unpaired) electrons. The van der Waals surface area contributed by atoms with Gasteiger partial charge >= 0.3 is 0 Å². The molecule has 0 bridgehead atoms. The van der Waals surface area contributed by atoms with E-state index < -0.39 is 0 Å². The summed E-state index contributed by atoms with van der Waals surface area (Å²) in [4.78, 5) is 33.9. The third-order valence-electron chi connectivity index (χ3n) is 3.41. The summed E-state index contributed by atoms with van der Waals surface area (Å²) in [5, 5.41) is 0.744. The SMILES string of the molecule is Cc1nc2ccccc2nc1SCC(=O)N1CCCC1=O. The number of aromatic nitrogens is 2. The van der Waals surface area contributed by atoms with Gasteiger partial charge in [0.2, 0.25) is 11.8 Å². The van der Waals surface area contributed by atoms with Crippen LogP contribution < -0.4 is 0 Å². The molecule has 0 aliphatic carbocycles. The number of imide groups is 1. The van der Waals surface area contributed by atoms with Crippen LogP contribution in [0.1, 0.15) is 18.5 Å². The molecule has 0 atom stereocenters. The molecule has 1 aromatic carbocycles. The Morgan fingerprint density at radius 3 is 2.67 bits per heavy atom. The number of carbonyl (C=O) groups excluding carboxylic acids is 2. The van der Waals surface area contributed by atoms with Crippen LogP contribution in [-0.2, 0) is 9.59 Å². The second-order valence-corrected chi connectivity index (χ2v) is 5.90. The van der Waals surface area contributed by atoms with E-state index in [0.717, 1.165) is 28.2 Å². The fourth-order valence-corrected chi connectivity index (χ4v) is 3.16. The van der Waals surface area contributed by atoms with Crippen molar-refractivity contribution in [1.29, 1.82) is 0 Å². The molecule has 2 amide bonds. The molecule has 0 saturated carbocycles. The second kappa shape index (κ2) is 5.81. The molecule has 21 heavy (non-hydrogen) atoms. The molecule has 2 aromatic rings. The van der Waals surface area contributed by atoms with Gasteiger partial charge in [-0.05, 0) is 25.5 Å². The molecule has 2 heterocycles. The Labute approximate surface area is 126 Å². The summed E-state index contributed by atoms with van der Waals surface area (Å²) < 4.78 is 0. The minimum atomic E-state index is -0.142. The van der Waals surface area contributed by atoms with E-state index in [-0.39, 0.29) is 17.6 Å². The van der Waals surface area contributed by atoms with E-state index in [9.17, 15) is 9.59 Å². The van der Waals surface area contributed by atoms with E-state index in [2.05, 4.69) is 9.97 Å². The Morgan fingerprint density at radius 2 is 2.00 bits per heavy atom. The zero-order valence-electron chi connectivity index (χ0n) is 11.7. The van der Waals surface area contributed by atoms with Crippen molar-refractivity contribution >= 4 is 34.6 Å². The van der Waals surface area contributed by atoms with Crippen LogP contribution in [0.3, 0.4) is 0 Å². The van der Waals surface area contributed by atoms with Gasteiger partial charge < -0.3 is 0 Å². The topological polar surface area (TPSA) is 63.2 Å². The molecular formula is C15H15N3O2S. The van der Waals surface area contributed by atoms with Gasteiger partial charge in [-0.3, -0.25) is 14.5 Å². The van der Waals surface area contributed by atoms with E-state index in [1.165, 1.54) is 16.7 Å². The first kappa shape index (κ1) is 14.0. The smallest absolute Gasteiger partial charge is 0.239 e. The second-order valence-electron chi connectivity index (χ2n) is 4.93. The van der Waals surface area contributed by atoms with E-state index >= 15 is 0 Å². The van der Waals surface area contributed by atoms with Crippen molar-refractivity contribution in [2.45, 2.75) is 24.8 Å². The number of para-hydroxylation sites is 2. The number of hydrogen-bond donors (Lipinski definition) is 0. The van der Waals surface area contributed by atoms with Crippen LogP contribution >= 0.6 is 11.8 Å². The van der Waals surface area contributed by atoms with Crippen LogP contribution in [0.5, 0.6) is 0 Å². The van der Waals surface area contributed by atoms with Gasteiger partial charge in [0.05, 0.1) is 22.5 Å². The zero-order valence-corrected chi connectivity index (χ0v) is 12.5. The van der Waals surface area contributed by atoms with Crippen molar-refractivity contribution in [2.75, 3.05) is 12.3 Å². The van der Waals surface area contributed by atoms with Crippen LogP contribution in [0.2, 0.25) is 0 Å². The lowest BCUT2D eigenvalue weighted by Gasteiger charge is -2.13. The lowest BCUT2D eigenvalue weighted by molar-refractivity contribution is -0.140. The molecule has 1 fully saturated rings. The van der Waals surface area contributed by atoms with Crippen LogP contribution in [0.15, 0.2) is 29.3 Å². The van der Waals surface area contributed by atoms with Crippen molar-refractivity contribution in [1.82, 2.24) is 14.9 Å². The third-order valence-corrected chi connectivity index (χ3v) is 4.46. The monoisotopic (exact) mass is 301 g/mol. The summed E-state index contributed by atoms with van der Waals surface area (Å²) in [7, 11) is 0. The van der Waals surface area contributed by atoms with Crippen molar-refractivity contribution in [3.05, 3.63) is 30.0 Å². The summed E-state index contributed by atoms with van der Waals surface area (Å²) in [5.41, 5.74) is 2.47. The minimum absolute atomic E-state index is 0.0677. The number of fused-ring (bicyclic) bond motifs is 1. The van der Waals surface area contributed by atoms with Gasteiger partial charge in [0.1, 0.15) is 5.03 Å². The van der Waals surface area contributed by atoms with Gasteiger partial charge in [0.15, 0.2) is 0 Å². The maximum atomic E-state index is 12.0. The van der Waals surface area contributed by atoms with Crippen LogP contribution in [0, 0.1) is 6.92 Å². The van der Waals surface area contributed by atoms with E-state index in [1.807, 2.05) is 31.2 Å². The first-order chi connectivity index (χ1) is 10.1. The number of aryl methyl sites for hydroxylation is 1. The highest BCUT2D eigenvalue weighted by Gasteiger charge is 2.26. The van der Waals surface area contributed by atoms with Crippen molar-refractivity contribution in [3.8, 4) is 0 Å². The molecule has 1 aromatic heterocycles. The number of thioether (sulfide) groups is 1. The predicted octanol–water partition coefficient (Wildman–Crippen LogP) is 2.18. The van der Waals surface area contributed by atoms with Gasteiger partial charge in [-0.2, -0.15) is 0 Å². The first-order valence-corrected chi connectivity index (χ1v) is 7.83. The first-order valence-electron chi connectivity index (χ1n) is 6.84. The molecule has 108 valence electrons. The van der Waals surface area contributed by atoms with Crippen molar-refractivity contribution in [2.24, 2.45) is 0 Å². The molecule has 0 unspecified atom stereocenters. The largest absolute Gasteiger partial charge is 0.282 e. The lowest BCUT2D eigenvalue weighted by Crippen LogP contribution is -2.33. The summed E-state index contributed by atoms with van der Waals surface area (Å²) >= 11 is 1.34. The third kappa shape index (κ3) is 2.90. The average Bonchev–Trinajstić information content (AvgIpc) is 2.91. The van der Waals surface area contributed by atoms with Gasteiger partial charge in [-0.1, -0.05) is 23.9 Å². The Kier molecular flexibility index (Phi) is 3.88. The van der Waals surface area contributed by atoms with Crippen LogP contribution in [-0.4, -0.2) is 39.0 Å². The number of hydrogen-bond acceptors (Lipinski definition) is 5. The Bertz CT molecular complexity index is 717. The highest BCUT2D eigenvalue weighted by atomic mass is 32.2. The molecule has 3 rings (SSSR count). The Balaban J connectivity index is 1.74. The average molecular weight is 301 g/mol. The number of amides is 2. The van der Waals surface area contributed by atoms with E-state index in [1.54, 1.807) is 0 Å². The molecule has 1 aliphatic heterocycles. The van der Waals surface area contributed by atoms with Gasteiger partial charge in [-0.15, -0.1) is 0 Å². The zero-order chi connectivity index (χ0) is 14.8. The highest BCUT2D eigenvalue weighted by Crippen LogP contribution is 2.23. The fraction of sp³-hybridized carbons (Fsp3) is 0.333. The summed E-state index contributed by atoms with van der Waals surface area (Å²) in [5.74, 6) is 0.0124. The number of nitrogens with zero attached hydrogens (tertiary/aromatic N) is 3. The van der Waals surface area contributed by atoms with Crippen molar-refractivity contribution < 1.29 is 9.59 Å². The van der Waals surface area contributed by atoms with Crippen molar-refractivity contribution in [3.63, 3.8) is 0 Å². The Morgan fingerprint density at radius 1 is 1.29 bits per heavy atom. The van der Waals surface area contributed by atoms with Gasteiger partial charge in [0.25, 0.3) is 0 Å². The molecule has 1 aliphatic rings. The molecule has 1 saturated heterocycles. The predicted molar refractivity (Wildman–Crippen MR) is 81.0 cm³/mol. The normalized spacial score (nSPS) is 14.9. The standard InChI is InChI=1S/C15H15N3O2S/c1-10-15(17-12-6-3-2-5-11(12)16-10)21-9-14(20)18-8-4-7-13(18)19/h2-3,5-6H,4,7-9H2,1H3. The molecular weight excluding hydrogens is 286 g/mol. The van der Waals surface area contributed by atoms with Gasteiger partial charge in [-0.25, -0.2) is 9.97 Å². The molecule has 0 spiro atoms. The molecule has 6 heteroatoms. The van der Waals surface area contributed by atoms with Crippen LogP contribution in [0.4, 0.5) is 0 Å². The summed E-state index contributed by atoms with van der Waals surface area (Å²) in [6.45, 7) is 2.42. The Hall–Kier alpha value is -1.95. The van der Waals surface area contributed by atoms with Crippen LogP contribution in [0.25, 0.3) is 11.0 Å². The van der Waals surface area contributed by atoms with E-state index in [4.69, 9.17) is 0 Å². The number of likely N-dealkylation sites (tertiary alicyclic amines) is 1. The van der Waals surface area contributed by atoms with E-state index in [0.29, 0.717) is 13.0 Å². The molecule has 0 N–H and O–H groups in total. The number of rotatable bonds is 3. The fourth-order valence-electron chi connectivity index (χ4n) is 2.33. The maximum Gasteiger partial charge on any atom is 0.239 e. The minimum Gasteiger partial charge on any atom is -0.282 e. The number of benzene rings is 1. The summed E-state index contributed by atoms with van der Waals surface area (Å²) in [6.07, 6.45) is 1.25. The van der Waals surface area contributed by atoms with Gasteiger partial charge in [0, 0.05) is 13.0 Å². The quantitative estimate of drug-likeness (QED) is 0.813. The lowest BCUT2D eigenvalue weighted by atomic mass is 10.3. The summed E-state index contributed by atoms with van der Waals surface area (Å²) in [6, 6.07) is 7.65. The molecule has 5 nitrogen and oxygen atoms in total. The number of carbonyl (C=O) groups is 2. The maximum absolute atomic E-state index is 12.0. The highest BCUT2D eigenvalue weighted by molar-refractivity contribution is 7.99.